The van der Waals surface area contributed by atoms with E-state index in [2.05, 4.69) is 28.5 Å². The number of carbonyl (C=O) groups excluding carboxylic acids is 1. The van der Waals surface area contributed by atoms with Crippen molar-refractivity contribution in [1.82, 2.24) is 4.90 Å². The van der Waals surface area contributed by atoms with Crippen molar-refractivity contribution in [3.05, 3.63) is 59.7 Å². The second-order valence-corrected chi connectivity index (χ2v) is 6.53. The molecule has 0 aliphatic carbocycles. The third-order valence-electron chi connectivity index (χ3n) is 4.68. The highest BCUT2D eigenvalue weighted by molar-refractivity contribution is 14.0. The molecule has 28 heavy (non-hydrogen) atoms. The normalized spacial score (nSPS) is 13.3. The Morgan fingerprint density at radius 1 is 1.18 bits per heavy atom. The summed E-state index contributed by atoms with van der Waals surface area (Å²) in [5.41, 5.74) is 9.30. The number of ether oxygens (including phenoxy) is 1. The highest BCUT2D eigenvalue weighted by atomic mass is 127. The van der Waals surface area contributed by atoms with Crippen molar-refractivity contribution in [2.75, 3.05) is 25.5 Å². The molecule has 1 aliphatic heterocycles. The van der Waals surface area contributed by atoms with E-state index in [4.69, 9.17) is 10.5 Å². The minimum atomic E-state index is 0. The third-order valence-corrected chi connectivity index (χ3v) is 4.68. The molecular formula is C21H27IN4O2. The number of guanidine groups is 1. The van der Waals surface area contributed by atoms with Gasteiger partial charge in [0.05, 0.1) is 12.8 Å². The van der Waals surface area contributed by atoms with Gasteiger partial charge in [-0.2, -0.15) is 0 Å². The molecule has 0 atom stereocenters. The van der Waals surface area contributed by atoms with Gasteiger partial charge in [-0.1, -0.05) is 36.4 Å². The Bertz CT molecular complexity index is 826. The fourth-order valence-electron chi connectivity index (χ4n) is 3.22. The second-order valence-electron chi connectivity index (χ2n) is 6.53. The summed E-state index contributed by atoms with van der Waals surface area (Å²) in [4.78, 5) is 18.7. The van der Waals surface area contributed by atoms with Gasteiger partial charge in [-0.25, -0.2) is 0 Å². The number of hydrogen-bond acceptors (Lipinski definition) is 3. The van der Waals surface area contributed by atoms with E-state index in [0.717, 1.165) is 18.7 Å². The number of amides is 1. The summed E-state index contributed by atoms with van der Waals surface area (Å²) in [5, 5.41) is 3.03. The maximum Gasteiger partial charge on any atom is 0.222 e. The van der Waals surface area contributed by atoms with E-state index in [1.165, 1.54) is 11.1 Å². The minimum Gasteiger partial charge on any atom is -0.495 e. The highest BCUT2D eigenvalue weighted by Gasteiger charge is 2.19. The maximum atomic E-state index is 12.4. The average Bonchev–Trinajstić information content (AvgIpc) is 2.71. The van der Waals surface area contributed by atoms with Crippen LogP contribution in [0.15, 0.2) is 53.5 Å². The summed E-state index contributed by atoms with van der Waals surface area (Å²) in [7, 11) is 1.61. The molecule has 0 unspecified atom stereocenters. The van der Waals surface area contributed by atoms with Crippen molar-refractivity contribution >= 4 is 41.5 Å². The number of fused-ring (bicyclic) bond motifs is 1. The first-order chi connectivity index (χ1) is 13.2. The van der Waals surface area contributed by atoms with Gasteiger partial charge in [0.1, 0.15) is 5.75 Å². The molecule has 0 radical (unpaired) electrons. The molecule has 0 saturated carbocycles. The number of aliphatic imine (C=N–C) groups is 1. The van der Waals surface area contributed by atoms with Crippen LogP contribution in [-0.2, 0) is 17.8 Å². The third kappa shape index (κ3) is 5.85. The van der Waals surface area contributed by atoms with Crippen molar-refractivity contribution in [3.8, 4) is 5.75 Å². The van der Waals surface area contributed by atoms with Crippen molar-refractivity contribution in [2.45, 2.75) is 25.8 Å². The van der Waals surface area contributed by atoms with Crippen LogP contribution < -0.4 is 15.8 Å². The number of benzene rings is 2. The van der Waals surface area contributed by atoms with Gasteiger partial charge < -0.3 is 20.7 Å². The zero-order chi connectivity index (χ0) is 19.1. The molecule has 150 valence electrons. The Labute approximate surface area is 183 Å². The fourth-order valence-corrected chi connectivity index (χ4v) is 3.22. The van der Waals surface area contributed by atoms with E-state index in [1.54, 1.807) is 7.11 Å². The quantitative estimate of drug-likeness (QED) is 0.279. The summed E-state index contributed by atoms with van der Waals surface area (Å²) in [6.07, 6.45) is 2.08. The summed E-state index contributed by atoms with van der Waals surface area (Å²) in [5.74, 6) is 1.20. The van der Waals surface area contributed by atoms with Crippen molar-refractivity contribution < 1.29 is 9.53 Å². The van der Waals surface area contributed by atoms with Crippen LogP contribution in [0.1, 0.15) is 24.0 Å². The number of nitrogens with two attached hydrogens (primary N) is 1. The van der Waals surface area contributed by atoms with Crippen LogP contribution in [0.3, 0.4) is 0 Å². The van der Waals surface area contributed by atoms with Crippen LogP contribution >= 0.6 is 24.0 Å². The van der Waals surface area contributed by atoms with Crippen LogP contribution in [-0.4, -0.2) is 37.0 Å². The Hall–Kier alpha value is -2.29. The van der Waals surface area contributed by atoms with Gasteiger partial charge in [-0.15, -0.1) is 24.0 Å². The summed E-state index contributed by atoms with van der Waals surface area (Å²) in [6.45, 7) is 2.00. The van der Waals surface area contributed by atoms with E-state index < -0.39 is 0 Å². The molecule has 0 aromatic heterocycles. The predicted molar refractivity (Wildman–Crippen MR) is 123 cm³/mol. The van der Waals surface area contributed by atoms with E-state index >= 15 is 0 Å². The lowest BCUT2D eigenvalue weighted by molar-refractivity contribution is -0.132. The second kappa shape index (κ2) is 10.9. The number of nitrogens with zero attached hydrogens (tertiary/aromatic N) is 2. The van der Waals surface area contributed by atoms with E-state index in [1.807, 2.05) is 35.2 Å². The number of nitrogens with one attached hydrogen (secondary N) is 1. The molecular weight excluding hydrogens is 467 g/mol. The van der Waals surface area contributed by atoms with Crippen LogP contribution in [0.5, 0.6) is 5.75 Å². The highest BCUT2D eigenvalue weighted by Crippen LogP contribution is 2.22. The van der Waals surface area contributed by atoms with Crippen LogP contribution in [0, 0.1) is 0 Å². The van der Waals surface area contributed by atoms with Gasteiger partial charge in [0.25, 0.3) is 0 Å². The molecule has 6 nitrogen and oxygen atoms in total. The molecule has 3 N–H and O–H groups in total. The van der Waals surface area contributed by atoms with Gasteiger partial charge in [-0.3, -0.25) is 9.79 Å². The van der Waals surface area contributed by atoms with E-state index in [-0.39, 0.29) is 29.9 Å². The Morgan fingerprint density at radius 3 is 2.68 bits per heavy atom. The molecule has 1 amide bonds. The molecule has 0 fully saturated rings. The first-order valence-corrected chi connectivity index (χ1v) is 9.22. The Balaban J connectivity index is 0.00000280. The minimum absolute atomic E-state index is 0. The van der Waals surface area contributed by atoms with Gasteiger partial charge >= 0.3 is 0 Å². The summed E-state index contributed by atoms with van der Waals surface area (Å²) in [6, 6.07) is 15.8. The molecule has 2 aromatic rings. The Kier molecular flexibility index (Phi) is 8.56. The van der Waals surface area contributed by atoms with Gasteiger partial charge in [0.2, 0.25) is 5.91 Å². The van der Waals surface area contributed by atoms with Crippen molar-refractivity contribution in [1.29, 1.82) is 0 Å². The number of rotatable bonds is 6. The maximum absolute atomic E-state index is 12.4. The topological polar surface area (TPSA) is 80.0 Å². The standard InChI is InChI=1S/C21H26N4O2.HI/c1-27-19-10-5-4-9-18(19)24-21(22)23-13-6-11-20(26)25-14-12-16-7-2-3-8-17(16)15-25;/h2-5,7-10H,6,11-15H2,1H3,(H3,22,23,24);1H. The van der Waals surface area contributed by atoms with Crippen LogP contribution in [0.2, 0.25) is 0 Å². The van der Waals surface area contributed by atoms with E-state index in [0.29, 0.717) is 37.6 Å². The zero-order valence-corrected chi connectivity index (χ0v) is 18.4. The molecule has 0 spiro atoms. The lowest BCUT2D eigenvalue weighted by Gasteiger charge is -2.28. The van der Waals surface area contributed by atoms with E-state index in [9.17, 15) is 4.79 Å². The molecule has 7 heteroatoms. The number of hydrogen-bond donors (Lipinski definition) is 2. The lowest BCUT2D eigenvalue weighted by Crippen LogP contribution is -2.35. The average molecular weight is 494 g/mol. The number of anilines is 1. The molecule has 0 bridgehead atoms. The van der Waals surface area contributed by atoms with Crippen LogP contribution in [0.25, 0.3) is 0 Å². The summed E-state index contributed by atoms with van der Waals surface area (Å²) >= 11 is 0. The number of carbonyl (C=O) groups is 1. The first-order valence-electron chi connectivity index (χ1n) is 9.22. The van der Waals surface area contributed by atoms with Gasteiger partial charge in [0.15, 0.2) is 5.96 Å². The zero-order valence-electron chi connectivity index (χ0n) is 16.1. The molecule has 2 aromatic carbocycles. The predicted octanol–water partition coefficient (Wildman–Crippen LogP) is 3.40. The Morgan fingerprint density at radius 2 is 1.89 bits per heavy atom. The molecule has 1 heterocycles. The van der Waals surface area contributed by atoms with Crippen molar-refractivity contribution in [2.24, 2.45) is 10.7 Å². The van der Waals surface area contributed by atoms with Crippen molar-refractivity contribution in [3.63, 3.8) is 0 Å². The number of para-hydroxylation sites is 2. The summed E-state index contributed by atoms with van der Waals surface area (Å²) < 4.78 is 5.27. The van der Waals surface area contributed by atoms with Gasteiger partial charge in [-0.05, 0) is 36.1 Å². The SMILES string of the molecule is COc1ccccc1NC(N)=NCCCC(=O)N1CCc2ccccc2C1.I. The first kappa shape index (κ1) is 22.0. The van der Waals surface area contributed by atoms with Crippen LogP contribution in [0.4, 0.5) is 5.69 Å². The smallest absolute Gasteiger partial charge is 0.222 e. The monoisotopic (exact) mass is 494 g/mol. The molecule has 0 saturated heterocycles. The number of methoxy groups -OCH3 is 1. The molecule has 3 rings (SSSR count). The number of halogens is 1. The fraction of sp³-hybridized carbons (Fsp3) is 0.333. The largest absolute Gasteiger partial charge is 0.495 e. The molecule has 1 aliphatic rings. The lowest BCUT2D eigenvalue weighted by atomic mass is 9.99. The van der Waals surface area contributed by atoms with Gasteiger partial charge in [0, 0.05) is 26.1 Å².